The summed E-state index contributed by atoms with van der Waals surface area (Å²) in [6.07, 6.45) is 1.59. The van der Waals surface area contributed by atoms with E-state index in [0.29, 0.717) is 35.4 Å². The highest BCUT2D eigenvalue weighted by molar-refractivity contribution is 5.95. The molecule has 4 heterocycles. The zero-order valence-corrected chi connectivity index (χ0v) is 17.9. The highest BCUT2D eigenvalue weighted by atomic mass is 16.5. The first kappa shape index (κ1) is 20.5. The van der Waals surface area contributed by atoms with Crippen molar-refractivity contribution in [1.29, 1.82) is 0 Å². The summed E-state index contributed by atoms with van der Waals surface area (Å²) in [7, 11) is 1.58. The van der Waals surface area contributed by atoms with Crippen LogP contribution < -0.4 is 16.2 Å². The van der Waals surface area contributed by atoms with Crippen LogP contribution in [0.3, 0.4) is 0 Å². The second kappa shape index (κ2) is 7.61. The smallest absolute Gasteiger partial charge is 0.254 e. The molecule has 2 saturated heterocycles. The molecule has 5 rings (SSSR count). The Morgan fingerprint density at radius 2 is 2.00 bits per heavy atom. The van der Waals surface area contributed by atoms with Crippen molar-refractivity contribution in [1.82, 2.24) is 29.5 Å². The highest BCUT2D eigenvalue weighted by Gasteiger charge is 2.52. The second-order valence-electron chi connectivity index (χ2n) is 8.63. The van der Waals surface area contributed by atoms with E-state index in [4.69, 9.17) is 21.3 Å². The van der Waals surface area contributed by atoms with Crippen LogP contribution in [0.4, 0.5) is 11.8 Å². The number of ether oxygens (including phenoxy) is 1. The number of aromatic nitrogens is 4. The van der Waals surface area contributed by atoms with E-state index in [1.807, 2.05) is 17.0 Å². The van der Waals surface area contributed by atoms with Gasteiger partial charge in [0.2, 0.25) is 5.95 Å². The summed E-state index contributed by atoms with van der Waals surface area (Å²) in [5.74, 6) is 0.961. The van der Waals surface area contributed by atoms with Crippen LogP contribution >= 0.6 is 0 Å². The van der Waals surface area contributed by atoms with Crippen LogP contribution in [0.5, 0.6) is 5.75 Å². The largest absolute Gasteiger partial charge is 0.496 e. The van der Waals surface area contributed by atoms with Crippen LogP contribution in [0.15, 0.2) is 24.4 Å². The van der Waals surface area contributed by atoms with Crippen molar-refractivity contribution < 1.29 is 14.6 Å². The lowest BCUT2D eigenvalue weighted by Gasteiger charge is -2.60. The fraction of sp³-hybridized carbons (Fsp3) is 0.429. The van der Waals surface area contributed by atoms with Gasteiger partial charge in [0, 0.05) is 49.3 Å². The molecule has 5 N–H and O–H groups in total. The summed E-state index contributed by atoms with van der Waals surface area (Å²) >= 11 is 0. The monoisotopic (exact) mass is 438 g/mol. The van der Waals surface area contributed by atoms with Crippen molar-refractivity contribution >= 4 is 28.7 Å². The number of rotatable bonds is 6. The number of nitrogen functional groups attached to an aromatic ring is 2. The Morgan fingerprint density at radius 3 is 2.72 bits per heavy atom. The molecule has 0 saturated carbocycles. The molecule has 0 aliphatic carbocycles. The predicted octanol–water partition coefficient (Wildman–Crippen LogP) is -0.202. The number of nitrogens with zero attached hydrogens (tertiary/aromatic N) is 6. The van der Waals surface area contributed by atoms with Gasteiger partial charge in [0.05, 0.1) is 26.5 Å². The average molecular weight is 438 g/mol. The van der Waals surface area contributed by atoms with E-state index < -0.39 is 0 Å². The summed E-state index contributed by atoms with van der Waals surface area (Å²) < 4.78 is 7.26. The topological polar surface area (TPSA) is 149 Å². The molecule has 3 aromatic rings. The molecule has 32 heavy (non-hydrogen) atoms. The molecule has 11 nitrogen and oxygen atoms in total. The van der Waals surface area contributed by atoms with Gasteiger partial charge in [0.1, 0.15) is 16.8 Å². The third-order valence-corrected chi connectivity index (χ3v) is 6.26. The summed E-state index contributed by atoms with van der Waals surface area (Å²) in [4.78, 5) is 25.2. The first-order valence-corrected chi connectivity index (χ1v) is 10.5. The van der Waals surface area contributed by atoms with Gasteiger partial charge >= 0.3 is 0 Å². The van der Waals surface area contributed by atoms with Crippen molar-refractivity contribution in [3.63, 3.8) is 0 Å². The van der Waals surface area contributed by atoms with E-state index in [1.54, 1.807) is 24.1 Å². The van der Waals surface area contributed by atoms with Gasteiger partial charge in [-0.1, -0.05) is 6.07 Å². The number of fused-ring (bicyclic) bond motifs is 1. The molecule has 0 atom stereocenters. The number of likely N-dealkylation sites (tertiary alicyclic amines) is 2. The molecule has 2 aromatic heterocycles. The number of benzene rings is 1. The molecular formula is C21H26N8O3. The standard InChI is InChI=1S/C21H26N8O3/c1-32-16-6-13(19(31)28-11-21(12-28)9-27(10-21)4-5-30)2-3-14(16)8-29-17-15(7-24-29)25-20(23)26-18(17)22/h2-3,6-7,30H,4-5,8-12H2,1H3,(H4,22,23,25,26). The number of β-amino-alcohol motifs (C(OH)–C–C–N with tert-alkyl or cyclic N) is 1. The number of hydrogen-bond acceptors (Lipinski definition) is 9. The summed E-state index contributed by atoms with van der Waals surface area (Å²) in [6.45, 7) is 4.63. The number of amides is 1. The maximum absolute atomic E-state index is 13.0. The lowest BCUT2D eigenvalue weighted by Crippen LogP contribution is -2.73. The Labute approximate surface area is 184 Å². The summed E-state index contributed by atoms with van der Waals surface area (Å²) in [6, 6.07) is 5.45. The SMILES string of the molecule is COc1cc(C(=O)N2CC3(CN(CCO)C3)C2)ccc1Cn1ncc2nc(N)nc(N)c21. The third-order valence-electron chi connectivity index (χ3n) is 6.26. The zero-order chi connectivity index (χ0) is 22.5. The normalized spacial score (nSPS) is 17.4. The van der Waals surface area contributed by atoms with Crippen molar-refractivity contribution in [2.24, 2.45) is 5.41 Å². The van der Waals surface area contributed by atoms with E-state index >= 15 is 0 Å². The first-order valence-electron chi connectivity index (χ1n) is 10.5. The Bertz CT molecular complexity index is 1180. The minimum Gasteiger partial charge on any atom is -0.496 e. The number of nitrogens with two attached hydrogens (primary N) is 2. The molecule has 0 bridgehead atoms. The van der Waals surface area contributed by atoms with Crippen LogP contribution in [0.25, 0.3) is 11.0 Å². The number of aliphatic hydroxyl groups is 1. The molecule has 1 aromatic carbocycles. The number of aliphatic hydroxyl groups excluding tert-OH is 1. The first-order chi connectivity index (χ1) is 15.4. The van der Waals surface area contributed by atoms with Gasteiger partial charge in [-0.25, -0.2) is 4.98 Å². The van der Waals surface area contributed by atoms with Gasteiger partial charge in [-0.05, 0) is 12.1 Å². The Balaban J connectivity index is 1.30. The van der Waals surface area contributed by atoms with Crippen LogP contribution in [0.1, 0.15) is 15.9 Å². The van der Waals surface area contributed by atoms with Crippen molar-refractivity contribution in [2.45, 2.75) is 6.54 Å². The molecule has 2 aliphatic heterocycles. The van der Waals surface area contributed by atoms with E-state index in [1.165, 1.54) is 0 Å². The molecular weight excluding hydrogens is 412 g/mol. The Morgan fingerprint density at radius 1 is 1.22 bits per heavy atom. The zero-order valence-electron chi connectivity index (χ0n) is 17.9. The van der Waals surface area contributed by atoms with E-state index in [9.17, 15) is 4.79 Å². The maximum Gasteiger partial charge on any atom is 0.254 e. The average Bonchev–Trinajstić information content (AvgIpc) is 3.11. The third kappa shape index (κ3) is 3.39. The molecule has 2 aliphatic rings. The minimum absolute atomic E-state index is 0.00116. The number of methoxy groups -OCH3 is 1. The van der Waals surface area contributed by atoms with Gasteiger partial charge in [-0.15, -0.1) is 0 Å². The van der Waals surface area contributed by atoms with E-state index in [2.05, 4.69) is 20.0 Å². The molecule has 1 amide bonds. The quantitative estimate of drug-likeness (QED) is 0.475. The van der Waals surface area contributed by atoms with Crippen molar-refractivity contribution in [3.05, 3.63) is 35.5 Å². The maximum atomic E-state index is 13.0. The summed E-state index contributed by atoms with van der Waals surface area (Å²) in [5, 5.41) is 13.4. The van der Waals surface area contributed by atoms with Gasteiger partial charge in [-0.2, -0.15) is 10.1 Å². The van der Waals surface area contributed by atoms with Crippen LogP contribution in [-0.4, -0.2) is 87.0 Å². The van der Waals surface area contributed by atoms with E-state index in [0.717, 1.165) is 31.7 Å². The molecule has 1 spiro atoms. The van der Waals surface area contributed by atoms with Gasteiger partial charge in [0.15, 0.2) is 5.82 Å². The molecule has 0 unspecified atom stereocenters. The van der Waals surface area contributed by atoms with Crippen molar-refractivity contribution in [2.75, 3.05) is 57.9 Å². The van der Waals surface area contributed by atoms with Gasteiger partial charge in [0.25, 0.3) is 5.91 Å². The minimum atomic E-state index is -0.00116. The second-order valence-corrected chi connectivity index (χ2v) is 8.63. The van der Waals surface area contributed by atoms with Crippen LogP contribution in [0, 0.1) is 5.41 Å². The van der Waals surface area contributed by atoms with E-state index in [-0.39, 0.29) is 29.7 Å². The number of carbonyl (C=O) groups is 1. The predicted molar refractivity (Wildman–Crippen MR) is 118 cm³/mol. The molecule has 11 heteroatoms. The Kier molecular flexibility index (Phi) is 4.86. The van der Waals surface area contributed by atoms with Crippen molar-refractivity contribution in [3.8, 4) is 5.75 Å². The van der Waals surface area contributed by atoms with Crippen LogP contribution in [0.2, 0.25) is 0 Å². The lowest BCUT2D eigenvalue weighted by molar-refractivity contribution is -0.101. The molecule has 168 valence electrons. The van der Waals surface area contributed by atoms with Gasteiger partial charge < -0.3 is 26.2 Å². The summed E-state index contributed by atoms with van der Waals surface area (Å²) in [5.41, 5.74) is 14.5. The number of hydrogen-bond donors (Lipinski definition) is 3. The number of carbonyl (C=O) groups excluding carboxylic acids is 1. The fourth-order valence-corrected chi connectivity index (χ4v) is 4.83. The van der Waals surface area contributed by atoms with Crippen LogP contribution in [-0.2, 0) is 6.54 Å². The fourth-order valence-electron chi connectivity index (χ4n) is 4.83. The molecule has 0 radical (unpaired) electrons. The lowest BCUT2D eigenvalue weighted by atomic mass is 9.72. The number of anilines is 2. The highest BCUT2D eigenvalue weighted by Crippen LogP contribution is 2.40. The van der Waals surface area contributed by atoms with Gasteiger partial charge in [-0.3, -0.25) is 14.4 Å². The Hall–Kier alpha value is -3.44. The molecule has 2 fully saturated rings.